The molecule has 200 valence electrons. The molecule has 1 aliphatic rings. The lowest BCUT2D eigenvalue weighted by Crippen LogP contribution is -3.00. The number of fused-ring (bicyclic) bond motifs is 1. The van der Waals surface area contributed by atoms with Gasteiger partial charge in [-0.05, 0) is 43.0 Å². The Hall–Kier alpha value is -2.25. The second-order valence-electron chi connectivity index (χ2n) is 8.07. The molecule has 0 saturated heterocycles. The number of benzene rings is 2. The first-order valence-electron chi connectivity index (χ1n) is 11.1. The van der Waals surface area contributed by atoms with Crippen molar-refractivity contribution in [2.75, 3.05) is 11.9 Å². The van der Waals surface area contributed by atoms with Gasteiger partial charge in [0, 0.05) is 28.9 Å². The van der Waals surface area contributed by atoms with E-state index in [0.717, 1.165) is 25.3 Å². The lowest BCUT2D eigenvalue weighted by molar-refractivity contribution is -0.685. The molecule has 0 fully saturated rings. The summed E-state index contributed by atoms with van der Waals surface area (Å²) in [5, 5.41) is 3.42. The van der Waals surface area contributed by atoms with Gasteiger partial charge in [0.15, 0.2) is 12.7 Å². The van der Waals surface area contributed by atoms with Crippen molar-refractivity contribution in [3.63, 3.8) is 0 Å². The molecular weight excluding hydrogens is 598 g/mol. The van der Waals surface area contributed by atoms with Gasteiger partial charge >= 0.3 is 5.51 Å². The topological polar surface area (TPSA) is 29.1 Å². The van der Waals surface area contributed by atoms with Crippen LogP contribution in [-0.2, 0) is 13.1 Å². The summed E-state index contributed by atoms with van der Waals surface area (Å²) in [6.07, 6.45) is 3.73. The van der Waals surface area contributed by atoms with E-state index in [0.29, 0.717) is 16.6 Å². The molecule has 38 heavy (non-hydrogen) atoms. The largest absolute Gasteiger partial charge is 1.00 e. The monoisotopic (exact) mass is 617 g/mol. The van der Waals surface area contributed by atoms with Crippen LogP contribution in [0.15, 0.2) is 68.6 Å². The number of anilines is 1. The highest BCUT2D eigenvalue weighted by molar-refractivity contribution is 8.08. The third-order valence-corrected chi connectivity index (χ3v) is 9.88. The Bertz CT molecular complexity index is 1660. The summed E-state index contributed by atoms with van der Waals surface area (Å²) in [5.74, 6) is -0.329. The molecule has 0 atom stereocenters. The van der Waals surface area contributed by atoms with Crippen LogP contribution >= 0.6 is 46.2 Å². The van der Waals surface area contributed by atoms with Crippen LogP contribution in [0.1, 0.15) is 17.5 Å². The van der Waals surface area contributed by atoms with Crippen LogP contribution in [-0.4, -0.2) is 17.1 Å². The average molecular weight is 618 g/mol. The summed E-state index contributed by atoms with van der Waals surface area (Å²) < 4.78 is 57.8. The van der Waals surface area contributed by atoms with Crippen LogP contribution in [0.25, 0.3) is 11.1 Å². The second kappa shape index (κ2) is 11.5. The molecule has 4 aromatic rings. The number of thioether (sulfide) groups is 2. The van der Waals surface area contributed by atoms with Crippen LogP contribution in [0.2, 0.25) is 0 Å². The van der Waals surface area contributed by atoms with Gasteiger partial charge in [-0.3, -0.25) is 9.36 Å². The van der Waals surface area contributed by atoms with E-state index in [1.165, 1.54) is 52.6 Å². The Labute approximate surface area is 238 Å². The smallest absolute Gasteiger partial charge is 0.446 e. The predicted molar refractivity (Wildman–Crippen MR) is 143 cm³/mol. The van der Waals surface area contributed by atoms with Gasteiger partial charge in [-0.15, -0.1) is 11.3 Å². The van der Waals surface area contributed by atoms with E-state index in [9.17, 15) is 22.4 Å². The third-order valence-electron chi connectivity index (χ3n) is 5.72. The minimum atomic E-state index is -4.37. The fraction of sp³-hybridized carbons (Fsp3) is 0.200. The maximum absolute atomic E-state index is 13.8. The number of hydrogen-bond acceptors (Lipinski definition) is 6. The molecule has 2 aromatic heterocycles. The summed E-state index contributed by atoms with van der Waals surface area (Å²) in [6.45, 7) is 2.61. The van der Waals surface area contributed by atoms with Crippen molar-refractivity contribution in [1.29, 1.82) is 0 Å². The van der Waals surface area contributed by atoms with Gasteiger partial charge in [0.2, 0.25) is 0 Å². The van der Waals surface area contributed by atoms with Crippen molar-refractivity contribution in [3.05, 3.63) is 90.0 Å². The number of hydrogen-bond donors (Lipinski definition) is 0. The quantitative estimate of drug-likeness (QED) is 0.195. The van der Waals surface area contributed by atoms with E-state index in [-0.39, 0.29) is 47.0 Å². The Morgan fingerprint density at radius 3 is 2.66 bits per heavy atom. The first-order valence-corrected chi connectivity index (χ1v) is 14.4. The van der Waals surface area contributed by atoms with Crippen LogP contribution in [0.3, 0.4) is 0 Å². The average Bonchev–Trinajstić information content (AvgIpc) is 3.50. The SMILES string of the molecule is CCn1c(=O)/c(=C2\Sc3cc(F)ccc3N2C)s/c1=C\c1scc[n+]1Cc1ccccc1SC(F)(F)F.[Cl-]. The Morgan fingerprint density at radius 2 is 1.92 bits per heavy atom. The number of halogens is 5. The van der Waals surface area contributed by atoms with Crippen LogP contribution in [0.5, 0.6) is 0 Å². The highest BCUT2D eigenvalue weighted by Gasteiger charge is 2.31. The molecule has 0 spiro atoms. The molecule has 1 aliphatic heterocycles. The van der Waals surface area contributed by atoms with Crippen molar-refractivity contribution < 1.29 is 34.5 Å². The van der Waals surface area contributed by atoms with Crippen LogP contribution in [0.4, 0.5) is 23.2 Å². The Balaban J connectivity index is 0.00000336. The molecule has 0 unspecified atom stereocenters. The van der Waals surface area contributed by atoms with Crippen molar-refractivity contribution in [1.82, 2.24) is 4.57 Å². The molecular formula is C25H20ClF4N3OS4. The third kappa shape index (κ3) is 5.84. The molecule has 0 N–H and O–H groups in total. The molecule has 0 bridgehead atoms. The van der Waals surface area contributed by atoms with Crippen molar-refractivity contribution in [2.45, 2.75) is 35.3 Å². The maximum atomic E-state index is 13.8. The molecule has 2 aromatic carbocycles. The van der Waals surface area contributed by atoms with E-state index in [1.54, 1.807) is 28.8 Å². The minimum absolute atomic E-state index is 0. The number of aromatic nitrogens is 2. The minimum Gasteiger partial charge on any atom is -1.00 e. The Morgan fingerprint density at radius 1 is 1.16 bits per heavy atom. The van der Waals surface area contributed by atoms with E-state index in [2.05, 4.69) is 0 Å². The zero-order valence-electron chi connectivity index (χ0n) is 20.0. The highest BCUT2D eigenvalue weighted by Crippen LogP contribution is 2.45. The highest BCUT2D eigenvalue weighted by atomic mass is 35.5. The fourth-order valence-electron chi connectivity index (χ4n) is 4.01. The first kappa shape index (κ1) is 28.8. The Kier molecular flexibility index (Phi) is 8.68. The lowest BCUT2D eigenvalue weighted by atomic mass is 10.2. The molecule has 13 heteroatoms. The van der Waals surface area contributed by atoms with Crippen molar-refractivity contribution in [3.8, 4) is 0 Å². The summed E-state index contributed by atoms with van der Waals surface area (Å²) >= 11 is 4.05. The molecule has 3 heterocycles. The van der Waals surface area contributed by atoms with Crippen molar-refractivity contribution >= 4 is 63.0 Å². The lowest BCUT2D eigenvalue weighted by Gasteiger charge is -2.12. The molecule has 4 nitrogen and oxygen atoms in total. The predicted octanol–water partition coefficient (Wildman–Crippen LogP) is 2.22. The van der Waals surface area contributed by atoms with E-state index in [4.69, 9.17) is 0 Å². The molecule has 0 amide bonds. The van der Waals surface area contributed by atoms with Gasteiger partial charge in [0.05, 0.1) is 17.1 Å². The number of alkyl halides is 3. The van der Waals surface area contributed by atoms with Gasteiger partial charge in [0.25, 0.3) is 10.6 Å². The summed E-state index contributed by atoms with van der Waals surface area (Å²) in [6, 6.07) is 11.1. The van der Waals surface area contributed by atoms with Gasteiger partial charge in [-0.1, -0.05) is 41.3 Å². The molecule has 0 aliphatic carbocycles. The standard InChI is InChI=1S/C25H20F4N3OS4.ClH/c1-3-32-21(36-22(23(32)33)24-30(2)17-9-8-16(26)12-19(17)35-24)13-20-31(10-11-34-20)14-15-6-4-5-7-18(15)37-25(27,28)29;/h4-13H,3,14H2,1-2H3;1H/q+1;/p-1/b24-22+;. The number of rotatable bonds is 5. The number of thiazole rings is 2. The maximum Gasteiger partial charge on any atom is 0.446 e. The van der Waals surface area contributed by atoms with E-state index in [1.807, 2.05) is 41.1 Å². The zero-order valence-corrected chi connectivity index (χ0v) is 24.0. The second-order valence-corrected chi connectivity index (χ2v) is 12.2. The van der Waals surface area contributed by atoms with E-state index < -0.39 is 5.51 Å². The van der Waals surface area contributed by atoms with Crippen LogP contribution in [0, 0.1) is 5.82 Å². The van der Waals surface area contributed by atoms with Gasteiger partial charge < -0.3 is 17.3 Å². The van der Waals surface area contributed by atoms with Gasteiger partial charge in [0.1, 0.15) is 20.0 Å². The van der Waals surface area contributed by atoms with Crippen LogP contribution < -0.4 is 36.6 Å². The number of nitrogens with zero attached hydrogens (tertiary/aromatic N) is 3. The summed E-state index contributed by atoms with van der Waals surface area (Å²) in [4.78, 5) is 16.2. The summed E-state index contributed by atoms with van der Waals surface area (Å²) in [5.41, 5.74) is -3.10. The summed E-state index contributed by atoms with van der Waals surface area (Å²) in [7, 11) is 1.86. The molecule has 0 radical (unpaired) electrons. The fourth-order valence-corrected chi connectivity index (χ4v) is 8.01. The van der Waals surface area contributed by atoms with Crippen molar-refractivity contribution in [2.24, 2.45) is 0 Å². The normalized spacial score (nSPS) is 15.1. The van der Waals surface area contributed by atoms with Gasteiger partial charge in [-0.2, -0.15) is 17.7 Å². The molecule has 5 rings (SSSR count). The zero-order chi connectivity index (χ0) is 26.3. The first-order chi connectivity index (χ1) is 17.6. The van der Waals surface area contributed by atoms with Gasteiger partial charge in [-0.25, -0.2) is 4.39 Å². The van der Waals surface area contributed by atoms with E-state index >= 15 is 0 Å². The molecule has 0 saturated carbocycles.